The molecule has 0 bridgehead atoms. The molecule has 5 nitrogen and oxygen atoms in total. The minimum Gasteiger partial charge on any atom is -0.326 e. The molecule has 0 saturated heterocycles. The van der Waals surface area contributed by atoms with E-state index in [1.165, 1.54) is 10.4 Å². The van der Waals surface area contributed by atoms with Crippen LogP contribution in [0, 0.1) is 0 Å². The molecule has 1 heterocycles. The molecule has 1 unspecified atom stereocenters. The van der Waals surface area contributed by atoms with Crippen LogP contribution in [0.4, 0.5) is 0 Å². The van der Waals surface area contributed by atoms with Crippen molar-refractivity contribution in [3.8, 4) is 0 Å². The lowest BCUT2D eigenvalue weighted by atomic mass is 9.77. The molecule has 2 rings (SSSR count). The number of nitrogens with two attached hydrogens (primary N) is 1. The molecule has 18 heavy (non-hydrogen) atoms. The normalized spacial score (nSPS) is 13.6. The van der Waals surface area contributed by atoms with Gasteiger partial charge in [-0.05, 0) is 10.8 Å². The highest BCUT2D eigenvalue weighted by molar-refractivity contribution is 5.26. The Morgan fingerprint density at radius 1 is 1.28 bits per heavy atom. The Bertz CT molecular complexity index is 503. The van der Waals surface area contributed by atoms with Crippen molar-refractivity contribution in [1.29, 1.82) is 0 Å². The summed E-state index contributed by atoms with van der Waals surface area (Å²) in [5.74, 6) is 0.689. The SMILES string of the molecule is Cn1nnc(CC(N)C(C)(C)c2ccccc2)n1. The van der Waals surface area contributed by atoms with Crippen molar-refractivity contribution in [1.82, 2.24) is 20.2 Å². The molecule has 0 amide bonds. The minimum atomic E-state index is -0.125. The fourth-order valence-corrected chi connectivity index (χ4v) is 1.94. The van der Waals surface area contributed by atoms with Crippen LogP contribution in [0.1, 0.15) is 25.2 Å². The fraction of sp³-hybridized carbons (Fsp3) is 0.462. The number of hydrogen-bond acceptors (Lipinski definition) is 4. The predicted octanol–water partition coefficient (Wildman–Crippen LogP) is 1.06. The highest BCUT2D eigenvalue weighted by atomic mass is 15.6. The van der Waals surface area contributed by atoms with Crippen LogP contribution in [0.5, 0.6) is 0 Å². The quantitative estimate of drug-likeness (QED) is 0.874. The van der Waals surface area contributed by atoms with Gasteiger partial charge in [-0.15, -0.1) is 10.2 Å². The summed E-state index contributed by atoms with van der Waals surface area (Å²) in [7, 11) is 1.75. The molecule has 0 fully saturated rings. The maximum Gasteiger partial charge on any atom is 0.176 e. The summed E-state index contributed by atoms with van der Waals surface area (Å²) in [4.78, 5) is 1.46. The van der Waals surface area contributed by atoms with Gasteiger partial charge in [0.1, 0.15) is 0 Å². The van der Waals surface area contributed by atoms with Gasteiger partial charge in [0.25, 0.3) is 0 Å². The van der Waals surface area contributed by atoms with E-state index in [1.807, 2.05) is 18.2 Å². The first-order valence-corrected chi connectivity index (χ1v) is 6.04. The van der Waals surface area contributed by atoms with Gasteiger partial charge in [-0.3, -0.25) is 0 Å². The molecule has 0 aliphatic heterocycles. The molecule has 1 atom stereocenters. The molecule has 0 radical (unpaired) electrons. The van der Waals surface area contributed by atoms with Gasteiger partial charge in [-0.25, -0.2) is 0 Å². The molecule has 96 valence electrons. The van der Waals surface area contributed by atoms with Gasteiger partial charge in [-0.1, -0.05) is 44.2 Å². The Balaban J connectivity index is 2.15. The molecule has 0 aliphatic rings. The average molecular weight is 245 g/mol. The van der Waals surface area contributed by atoms with Crippen LogP contribution in [0.3, 0.4) is 0 Å². The number of hydrogen-bond donors (Lipinski definition) is 1. The van der Waals surface area contributed by atoms with E-state index in [0.717, 1.165) is 0 Å². The summed E-state index contributed by atoms with van der Waals surface area (Å²) in [6, 6.07) is 10.2. The van der Waals surface area contributed by atoms with E-state index in [1.54, 1.807) is 7.05 Å². The monoisotopic (exact) mass is 245 g/mol. The highest BCUT2D eigenvalue weighted by Gasteiger charge is 2.29. The second-order valence-corrected chi connectivity index (χ2v) is 5.09. The Hall–Kier alpha value is -1.75. The van der Waals surface area contributed by atoms with Crippen LogP contribution in [0.2, 0.25) is 0 Å². The summed E-state index contributed by atoms with van der Waals surface area (Å²) in [5, 5.41) is 12.0. The van der Waals surface area contributed by atoms with Crippen molar-refractivity contribution < 1.29 is 0 Å². The van der Waals surface area contributed by atoms with Gasteiger partial charge in [0.05, 0.1) is 7.05 Å². The van der Waals surface area contributed by atoms with E-state index in [0.29, 0.717) is 12.2 Å². The Morgan fingerprint density at radius 3 is 2.50 bits per heavy atom. The van der Waals surface area contributed by atoms with Gasteiger partial charge < -0.3 is 5.73 Å². The second kappa shape index (κ2) is 4.86. The van der Waals surface area contributed by atoms with Crippen LogP contribution in [-0.4, -0.2) is 26.2 Å². The van der Waals surface area contributed by atoms with Gasteiger partial charge in [0, 0.05) is 17.9 Å². The van der Waals surface area contributed by atoms with E-state index >= 15 is 0 Å². The Kier molecular flexibility index (Phi) is 3.43. The van der Waals surface area contributed by atoms with Gasteiger partial charge in [-0.2, -0.15) is 4.80 Å². The molecule has 0 spiro atoms. The zero-order chi connectivity index (χ0) is 13.2. The van der Waals surface area contributed by atoms with E-state index in [9.17, 15) is 0 Å². The number of nitrogens with zero attached hydrogens (tertiary/aromatic N) is 4. The number of aryl methyl sites for hydroxylation is 1. The summed E-state index contributed by atoms with van der Waals surface area (Å²) in [6.07, 6.45) is 0.621. The molecule has 0 saturated carbocycles. The van der Waals surface area contributed by atoms with Crippen LogP contribution in [-0.2, 0) is 18.9 Å². The first-order valence-electron chi connectivity index (χ1n) is 6.04. The smallest absolute Gasteiger partial charge is 0.176 e. The zero-order valence-corrected chi connectivity index (χ0v) is 11.0. The van der Waals surface area contributed by atoms with Crippen molar-refractivity contribution >= 4 is 0 Å². The van der Waals surface area contributed by atoms with E-state index in [2.05, 4.69) is 41.4 Å². The van der Waals surface area contributed by atoms with Crippen molar-refractivity contribution in [3.63, 3.8) is 0 Å². The first kappa shape index (κ1) is 12.7. The number of rotatable bonds is 4. The van der Waals surface area contributed by atoms with Crippen molar-refractivity contribution in [2.45, 2.75) is 31.7 Å². The van der Waals surface area contributed by atoms with Crippen molar-refractivity contribution in [3.05, 3.63) is 41.7 Å². The van der Waals surface area contributed by atoms with Crippen LogP contribution in [0.15, 0.2) is 30.3 Å². The highest BCUT2D eigenvalue weighted by Crippen LogP contribution is 2.27. The second-order valence-electron chi connectivity index (χ2n) is 5.09. The molecule has 2 N–H and O–H groups in total. The van der Waals surface area contributed by atoms with Crippen LogP contribution in [0.25, 0.3) is 0 Å². The summed E-state index contributed by atoms with van der Waals surface area (Å²) in [5.41, 5.74) is 7.41. The first-order chi connectivity index (χ1) is 8.50. The molecule has 2 aromatic rings. The van der Waals surface area contributed by atoms with Crippen molar-refractivity contribution in [2.24, 2.45) is 12.8 Å². The van der Waals surface area contributed by atoms with Crippen molar-refractivity contribution in [2.75, 3.05) is 0 Å². The number of aromatic nitrogens is 4. The van der Waals surface area contributed by atoms with Crippen LogP contribution < -0.4 is 5.73 Å². The largest absolute Gasteiger partial charge is 0.326 e. The van der Waals surface area contributed by atoms with Gasteiger partial charge in [0.2, 0.25) is 0 Å². The molecular formula is C13H19N5. The number of tetrazole rings is 1. The van der Waals surface area contributed by atoms with E-state index in [-0.39, 0.29) is 11.5 Å². The predicted molar refractivity (Wildman–Crippen MR) is 69.9 cm³/mol. The Labute approximate surface area is 107 Å². The standard InChI is InChI=1S/C13H19N5/c1-13(2,10-7-5-4-6-8-10)11(14)9-12-15-17-18(3)16-12/h4-8,11H,9,14H2,1-3H3. The minimum absolute atomic E-state index is 0.0518. The summed E-state index contributed by atoms with van der Waals surface area (Å²) >= 11 is 0. The third-order valence-electron chi connectivity index (χ3n) is 3.40. The summed E-state index contributed by atoms with van der Waals surface area (Å²) < 4.78 is 0. The number of benzene rings is 1. The molecule has 1 aromatic heterocycles. The maximum absolute atomic E-state index is 6.31. The van der Waals surface area contributed by atoms with Crippen LogP contribution >= 0.6 is 0 Å². The summed E-state index contributed by atoms with van der Waals surface area (Å²) in [6.45, 7) is 4.28. The third-order valence-corrected chi connectivity index (χ3v) is 3.40. The Morgan fingerprint density at radius 2 is 1.94 bits per heavy atom. The molecule has 1 aromatic carbocycles. The fourth-order valence-electron chi connectivity index (χ4n) is 1.94. The van der Waals surface area contributed by atoms with E-state index < -0.39 is 0 Å². The maximum atomic E-state index is 6.31. The lowest BCUT2D eigenvalue weighted by Crippen LogP contribution is -2.42. The third kappa shape index (κ3) is 2.56. The van der Waals surface area contributed by atoms with E-state index in [4.69, 9.17) is 5.73 Å². The molecule has 5 heteroatoms. The van der Waals surface area contributed by atoms with Gasteiger partial charge >= 0.3 is 0 Å². The molecular weight excluding hydrogens is 226 g/mol. The van der Waals surface area contributed by atoms with Gasteiger partial charge in [0.15, 0.2) is 5.82 Å². The average Bonchev–Trinajstić information content (AvgIpc) is 2.76. The zero-order valence-electron chi connectivity index (χ0n) is 11.0. The lowest BCUT2D eigenvalue weighted by molar-refractivity contribution is 0.400. The lowest BCUT2D eigenvalue weighted by Gasteiger charge is -2.31. The molecule has 0 aliphatic carbocycles. The topological polar surface area (TPSA) is 69.6 Å².